The molecule has 3 aromatic carbocycles. The van der Waals surface area contributed by atoms with Gasteiger partial charge >= 0.3 is 12.1 Å². The molecule has 5 nitrogen and oxygen atoms in total. The van der Waals surface area contributed by atoms with Gasteiger partial charge in [-0.2, -0.15) is 18.4 Å². The lowest BCUT2D eigenvalue weighted by Crippen LogP contribution is -2.16. The highest BCUT2D eigenvalue weighted by molar-refractivity contribution is 5.79. The molecule has 3 atom stereocenters. The Bertz CT molecular complexity index is 1280. The Morgan fingerprint density at radius 2 is 1.67 bits per heavy atom. The molecule has 36 heavy (non-hydrogen) atoms. The molecule has 0 aromatic heterocycles. The number of esters is 1. The summed E-state index contributed by atoms with van der Waals surface area (Å²) in [4.78, 5) is 12.9. The molecule has 0 aliphatic heterocycles. The summed E-state index contributed by atoms with van der Waals surface area (Å²) < 4.78 is 69.3. The van der Waals surface area contributed by atoms with Crippen molar-refractivity contribution in [2.45, 2.75) is 32.2 Å². The van der Waals surface area contributed by atoms with E-state index in [0.717, 1.165) is 18.2 Å². The van der Waals surface area contributed by atoms with Gasteiger partial charge in [0.1, 0.15) is 29.6 Å². The lowest BCUT2D eigenvalue weighted by molar-refractivity contribution is -0.149. The minimum absolute atomic E-state index is 0.134. The van der Waals surface area contributed by atoms with Crippen LogP contribution in [0.5, 0.6) is 17.2 Å². The van der Waals surface area contributed by atoms with Gasteiger partial charge in [0.25, 0.3) is 0 Å². The van der Waals surface area contributed by atoms with Crippen molar-refractivity contribution in [3.05, 3.63) is 89.7 Å². The van der Waals surface area contributed by atoms with Gasteiger partial charge in [0, 0.05) is 11.0 Å². The van der Waals surface area contributed by atoms with Crippen LogP contribution in [-0.2, 0) is 15.7 Å². The SMILES string of the molecule is CC1(C)C(Oc2ccc(C(F)(F)F)cc2)C1C(=O)OC(C#N)c1ccc(F)c(Oc2ccccc2)c1. The predicted molar refractivity (Wildman–Crippen MR) is 120 cm³/mol. The number of alkyl halides is 3. The quantitative estimate of drug-likeness (QED) is 0.263. The standard InChI is InChI=1S/C27H21F4NO4/c1-26(2)23(24(26)35-19-11-9-17(10-12-19)27(29,30)31)25(33)36-22(15-32)16-8-13-20(28)21(14-16)34-18-6-4-3-5-7-18/h3-14,22-24H,1-2H3. The second kappa shape index (κ2) is 9.53. The highest BCUT2D eigenvalue weighted by atomic mass is 19.4. The van der Waals surface area contributed by atoms with Crippen molar-refractivity contribution in [1.82, 2.24) is 0 Å². The Morgan fingerprint density at radius 1 is 1.00 bits per heavy atom. The average Bonchev–Trinajstić information content (AvgIpc) is 3.38. The number of rotatable bonds is 7. The van der Waals surface area contributed by atoms with Crippen molar-refractivity contribution in [2.24, 2.45) is 11.3 Å². The van der Waals surface area contributed by atoms with E-state index in [1.165, 1.54) is 24.3 Å². The zero-order chi connectivity index (χ0) is 26.1. The van der Waals surface area contributed by atoms with Crippen LogP contribution in [0.1, 0.15) is 31.1 Å². The fraction of sp³-hybridized carbons (Fsp3) is 0.259. The molecule has 0 heterocycles. The monoisotopic (exact) mass is 499 g/mol. The van der Waals surface area contributed by atoms with Crippen LogP contribution in [0.3, 0.4) is 0 Å². The summed E-state index contributed by atoms with van der Waals surface area (Å²) in [7, 11) is 0. The zero-order valence-corrected chi connectivity index (χ0v) is 19.3. The number of hydrogen-bond donors (Lipinski definition) is 0. The summed E-state index contributed by atoms with van der Waals surface area (Å²) in [5.74, 6) is -1.69. The van der Waals surface area contributed by atoms with Crippen molar-refractivity contribution in [3.63, 3.8) is 0 Å². The molecule has 186 valence electrons. The van der Waals surface area contributed by atoms with Crippen LogP contribution in [0, 0.1) is 28.5 Å². The number of nitrogens with zero attached hydrogens (tertiary/aromatic N) is 1. The van der Waals surface area contributed by atoms with Gasteiger partial charge in [0.2, 0.25) is 6.10 Å². The minimum atomic E-state index is -4.47. The van der Waals surface area contributed by atoms with Gasteiger partial charge in [0.05, 0.1) is 5.56 Å². The van der Waals surface area contributed by atoms with Gasteiger partial charge in [-0.15, -0.1) is 0 Å². The molecule has 3 unspecified atom stereocenters. The van der Waals surface area contributed by atoms with Crippen LogP contribution in [-0.4, -0.2) is 12.1 Å². The predicted octanol–water partition coefficient (Wildman–Crippen LogP) is 6.85. The van der Waals surface area contributed by atoms with E-state index < -0.39 is 47.1 Å². The second-order valence-corrected chi connectivity index (χ2v) is 8.91. The van der Waals surface area contributed by atoms with Crippen LogP contribution in [0.2, 0.25) is 0 Å². The first kappa shape index (κ1) is 25.0. The zero-order valence-electron chi connectivity index (χ0n) is 19.3. The fourth-order valence-corrected chi connectivity index (χ4v) is 3.84. The number of carbonyl (C=O) groups is 1. The lowest BCUT2D eigenvalue weighted by atomic mass is 10.1. The van der Waals surface area contributed by atoms with E-state index >= 15 is 0 Å². The highest BCUT2D eigenvalue weighted by Gasteiger charge is 2.65. The summed E-state index contributed by atoms with van der Waals surface area (Å²) >= 11 is 0. The first-order valence-electron chi connectivity index (χ1n) is 11.0. The second-order valence-electron chi connectivity index (χ2n) is 8.91. The van der Waals surface area contributed by atoms with Gasteiger partial charge in [-0.25, -0.2) is 4.39 Å². The number of halogens is 4. The minimum Gasteiger partial charge on any atom is -0.489 e. The molecule has 0 amide bonds. The maximum atomic E-state index is 14.3. The summed E-state index contributed by atoms with van der Waals surface area (Å²) in [6.07, 6.45) is -6.46. The van der Waals surface area contributed by atoms with Gasteiger partial charge < -0.3 is 14.2 Å². The van der Waals surface area contributed by atoms with E-state index in [1.54, 1.807) is 44.2 Å². The molecule has 1 fully saturated rings. The smallest absolute Gasteiger partial charge is 0.416 e. The highest BCUT2D eigenvalue weighted by Crippen LogP contribution is 2.55. The molecule has 0 spiro atoms. The summed E-state index contributed by atoms with van der Waals surface area (Å²) in [5.41, 5.74) is -1.27. The van der Waals surface area contributed by atoms with Crippen LogP contribution in [0.15, 0.2) is 72.8 Å². The van der Waals surface area contributed by atoms with Crippen molar-refractivity contribution in [1.29, 1.82) is 5.26 Å². The molecule has 1 aliphatic rings. The average molecular weight is 499 g/mol. The Balaban J connectivity index is 1.44. The fourth-order valence-electron chi connectivity index (χ4n) is 3.84. The van der Waals surface area contributed by atoms with Gasteiger partial charge in [0.15, 0.2) is 11.6 Å². The van der Waals surface area contributed by atoms with Crippen molar-refractivity contribution < 1.29 is 36.6 Å². The Hall–Kier alpha value is -4.06. The Kier molecular flexibility index (Phi) is 6.63. The summed E-state index contributed by atoms with van der Waals surface area (Å²) in [6.45, 7) is 3.50. The van der Waals surface area contributed by atoms with Crippen LogP contribution < -0.4 is 9.47 Å². The summed E-state index contributed by atoms with van der Waals surface area (Å²) in [5, 5.41) is 9.62. The van der Waals surface area contributed by atoms with E-state index in [0.29, 0.717) is 5.75 Å². The molecule has 0 radical (unpaired) electrons. The Morgan fingerprint density at radius 3 is 2.28 bits per heavy atom. The van der Waals surface area contributed by atoms with Crippen molar-refractivity contribution >= 4 is 5.97 Å². The van der Waals surface area contributed by atoms with Gasteiger partial charge in [-0.3, -0.25) is 4.79 Å². The molecule has 0 saturated heterocycles. The van der Waals surface area contributed by atoms with E-state index in [1.807, 2.05) is 6.07 Å². The molecule has 0 N–H and O–H groups in total. The first-order chi connectivity index (χ1) is 17.0. The van der Waals surface area contributed by atoms with Gasteiger partial charge in [-0.05, 0) is 48.5 Å². The van der Waals surface area contributed by atoms with Crippen LogP contribution in [0.4, 0.5) is 17.6 Å². The third-order valence-electron chi connectivity index (χ3n) is 6.01. The molecule has 4 rings (SSSR count). The van der Waals surface area contributed by atoms with Crippen LogP contribution >= 0.6 is 0 Å². The number of benzene rings is 3. The van der Waals surface area contributed by atoms with Crippen molar-refractivity contribution in [3.8, 4) is 23.3 Å². The van der Waals surface area contributed by atoms with E-state index in [4.69, 9.17) is 14.2 Å². The Labute approximate surface area is 204 Å². The molecule has 1 aliphatic carbocycles. The van der Waals surface area contributed by atoms with Crippen molar-refractivity contribution in [2.75, 3.05) is 0 Å². The largest absolute Gasteiger partial charge is 0.489 e. The third kappa shape index (κ3) is 5.28. The molecular weight excluding hydrogens is 478 g/mol. The number of para-hydroxylation sites is 1. The topological polar surface area (TPSA) is 68.5 Å². The molecule has 3 aromatic rings. The van der Waals surface area contributed by atoms with E-state index in [-0.39, 0.29) is 17.1 Å². The number of hydrogen-bond acceptors (Lipinski definition) is 5. The third-order valence-corrected chi connectivity index (χ3v) is 6.01. The summed E-state index contributed by atoms with van der Waals surface area (Å²) in [6, 6.07) is 18.3. The molecule has 9 heteroatoms. The van der Waals surface area contributed by atoms with Crippen LogP contribution in [0.25, 0.3) is 0 Å². The number of carbonyl (C=O) groups excluding carboxylic acids is 1. The molecular formula is C27H21F4NO4. The normalized spacial score (nSPS) is 19.0. The number of ether oxygens (including phenoxy) is 3. The maximum Gasteiger partial charge on any atom is 0.416 e. The number of nitriles is 1. The van der Waals surface area contributed by atoms with E-state index in [9.17, 15) is 27.6 Å². The van der Waals surface area contributed by atoms with E-state index in [2.05, 4.69) is 0 Å². The maximum absolute atomic E-state index is 14.3. The molecule has 1 saturated carbocycles. The van der Waals surface area contributed by atoms with Gasteiger partial charge in [-0.1, -0.05) is 38.1 Å². The first-order valence-corrected chi connectivity index (χ1v) is 11.0. The lowest BCUT2D eigenvalue weighted by Gasteiger charge is -2.14. The molecule has 0 bridgehead atoms.